The molecule has 0 spiro atoms. The van der Waals surface area contributed by atoms with E-state index in [1.54, 1.807) is 14.2 Å². The number of nitrogens with two attached hydrogens (primary N) is 1. The average Bonchev–Trinajstić information content (AvgIpc) is 2.98. The molecule has 8 heteroatoms. The quantitative estimate of drug-likeness (QED) is 0.555. The van der Waals surface area contributed by atoms with Crippen LogP contribution in [0.3, 0.4) is 0 Å². The number of nitrogens with one attached hydrogen (secondary N) is 1. The Morgan fingerprint density at radius 3 is 2.14 bits per heavy atom. The summed E-state index contributed by atoms with van der Waals surface area (Å²) < 4.78 is 39.1. The minimum atomic E-state index is -3.57. The zero-order chi connectivity index (χ0) is 15.7. The maximum atomic E-state index is 12.5. The van der Waals surface area contributed by atoms with E-state index in [0.29, 0.717) is 38.8 Å². The van der Waals surface area contributed by atoms with E-state index in [1.807, 2.05) is 0 Å². The topological polar surface area (TPSA) is 93.9 Å². The molecule has 0 aromatic heterocycles. The first-order valence-corrected chi connectivity index (χ1v) is 8.94. The molecule has 1 unspecified atom stereocenters. The van der Waals surface area contributed by atoms with Crippen LogP contribution < -0.4 is 10.5 Å². The van der Waals surface area contributed by atoms with Crippen molar-refractivity contribution in [2.45, 2.75) is 31.7 Å². The van der Waals surface area contributed by atoms with Gasteiger partial charge in [0.1, 0.15) is 0 Å². The summed E-state index contributed by atoms with van der Waals surface area (Å²) in [5.74, 6) is 0.344. The molecule has 0 aromatic rings. The second-order valence-electron chi connectivity index (χ2n) is 5.39. The van der Waals surface area contributed by atoms with Crippen molar-refractivity contribution in [2.75, 3.05) is 47.1 Å². The van der Waals surface area contributed by atoms with Gasteiger partial charge in [-0.15, -0.1) is 0 Å². The van der Waals surface area contributed by atoms with E-state index in [-0.39, 0.29) is 6.04 Å². The van der Waals surface area contributed by atoms with Crippen LogP contribution in [0.4, 0.5) is 0 Å². The van der Waals surface area contributed by atoms with Crippen LogP contribution in [-0.2, 0) is 19.7 Å². The fourth-order valence-corrected chi connectivity index (χ4v) is 4.15. The second kappa shape index (κ2) is 9.70. The van der Waals surface area contributed by atoms with Crippen molar-refractivity contribution in [2.24, 2.45) is 11.7 Å². The Hall–Kier alpha value is -0.250. The first kappa shape index (κ1) is 18.8. The predicted octanol–water partition coefficient (Wildman–Crippen LogP) is -0.0669. The molecular weight excluding hydrogens is 294 g/mol. The van der Waals surface area contributed by atoms with Crippen LogP contribution in [0.15, 0.2) is 0 Å². The van der Waals surface area contributed by atoms with E-state index >= 15 is 0 Å². The van der Waals surface area contributed by atoms with E-state index in [4.69, 9.17) is 15.2 Å². The van der Waals surface area contributed by atoms with Gasteiger partial charge in [0, 0.05) is 39.9 Å². The molecule has 0 heterocycles. The Kier molecular flexibility index (Phi) is 8.69. The summed E-state index contributed by atoms with van der Waals surface area (Å²) in [7, 11) is -0.470. The fourth-order valence-electron chi connectivity index (χ4n) is 2.70. The molecule has 1 atom stereocenters. The number of rotatable bonds is 11. The largest absolute Gasteiger partial charge is 0.383 e. The SMILES string of the molecule is COCCN(CCOC)S(=O)(=O)NC(CN)C1CCCC1. The van der Waals surface area contributed by atoms with E-state index in [9.17, 15) is 8.42 Å². The van der Waals surface area contributed by atoms with Crippen molar-refractivity contribution >= 4 is 10.2 Å². The first-order chi connectivity index (χ1) is 10.0. The van der Waals surface area contributed by atoms with Gasteiger partial charge in [0.15, 0.2) is 0 Å². The van der Waals surface area contributed by atoms with E-state index < -0.39 is 10.2 Å². The third-order valence-corrected chi connectivity index (χ3v) is 5.60. The average molecular weight is 323 g/mol. The molecule has 21 heavy (non-hydrogen) atoms. The third kappa shape index (κ3) is 6.17. The monoisotopic (exact) mass is 323 g/mol. The summed E-state index contributed by atoms with van der Waals surface area (Å²) >= 11 is 0. The summed E-state index contributed by atoms with van der Waals surface area (Å²) in [6.45, 7) is 1.63. The molecule has 126 valence electrons. The lowest BCUT2D eigenvalue weighted by atomic mass is 9.99. The molecule has 1 aliphatic rings. The number of ether oxygens (including phenoxy) is 2. The number of methoxy groups -OCH3 is 2. The highest BCUT2D eigenvalue weighted by molar-refractivity contribution is 7.87. The molecule has 1 aliphatic carbocycles. The normalized spacial score (nSPS) is 18.5. The highest BCUT2D eigenvalue weighted by atomic mass is 32.2. The van der Waals surface area contributed by atoms with Crippen LogP contribution >= 0.6 is 0 Å². The van der Waals surface area contributed by atoms with Crippen LogP contribution in [-0.4, -0.2) is 65.8 Å². The predicted molar refractivity (Wildman–Crippen MR) is 82.2 cm³/mol. The van der Waals surface area contributed by atoms with Crippen molar-refractivity contribution in [1.82, 2.24) is 9.03 Å². The van der Waals surface area contributed by atoms with Gasteiger partial charge in [0.25, 0.3) is 10.2 Å². The van der Waals surface area contributed by atoms with Gasteiger partial charge in [-0.05, 0) is 18.8 Å². The van der Waals surface area contributed by atoms with Gasteiger partial charge in [-0.2, -0.15) is 17.4 Å². The third-order valence-electron chi connectivity index (χ3n) is 3.95. The van der Waals surface area contributed by atoms with Crippen LogP contribution in [0.1, 0.15) is 25.7 Å². The molecule has 1 rings (SSSR count). The molecule has 0 amide bonds. The first-order valence-electron chi connectivity index (χ1n) is 7.50. The number of nitrogens with zero attached hydrogens (tertiary/aromatic N) is 1. The standard InChI is InChI=1S/C13H29N3O4S/c1-19-9-7-16(8-10-20-2)21(17,18)15-13(11-14)12-5-3-4-6-12/h12-13,15H,3-11,14H2,1-2H3. The Morgan fingerprint density at radius 2 is 1.71 bits per heavy atom. The lowest BCUT2D eigenvalue weighted by Crippen LogP contribution is -2.51. The summed E-state index contributed by atoms with van der Waals surface area (Å²) in [4.78, 5) is 0. The molecule has 1 saturated carbocycles. The smallest absolute Gasteiger partial charge is 0.279 e. The van der Waals surface area contributed by atoms with Gasteiger partial charge in [0.05, 0.1) is 13.2 Å². The Morgan fingerprint density at radius 1 is 1.19 bits per heavy atom. The Balaban J connectivity index is 2.67. The molecule has 0 aliphatic heterocycles. The fraction of sp³-hybridized carbons (Fsp3) is 1.00. The van der Waals surface area contributed by atoms with E-state index in [2.05, 4.69) is 4.72 Å². The summed E-state index contributed by atoms with van der Waals surface area (Å²) in [6.07, 6.45) is 4.39. The Labute approximate surface area is 128 Å². The van der Waals surface area contributed by atoms with Crippen LogP contribution in [0.5, 0.6) is 0 Å². The molecule has 3 N–H and O–H groups in total. The van der Waals surface area contributed by atoms with Crippen molar-refractivity contribution < 1.29 is 17.9 Å². The van der Waals surface area contributed by atoms with Crippen molar-refractivity contribution in [1.29, 1.82) is 0 Å². The molecule has 7 nitrogen and oxygen atoms in total. The zero-order valence-corrected chi connectivity index (χ0v) is 13.9. The lowest BCUT2D eigenvalue weighted by molar-refractivity contribution is 0.149. The molecule has 0 bridgehead atoms. The summed E-state index contributed by atoms with van der Waals surface area (Å²) in [5.41, 5.74) is 5.77. The number of hydrogen-bond donors (Lipinski definition) is 2. The number of hydrogen-bond acceptors (Lipinski definition) is 5. The highest BCUT2D eigenvalue weighted by Crippen LogP contribution is 2.27. The molecule has 0 radical (unpaired) electrons. The maximum absolute atomic E-state index is 12.5. The van der Waals surface area contributed by atoms with E-state index in [0.717, 1.165) is 25.7 Å². The maximum Gasteiger partial charge on any atom is 0.279 e. The van der Waals surface area contributed by atoms with Gasteiger partial charge in [-0.1, -0.05) is 12.8 Å². The summed E-state index contributed by atoms with van der Waals surface area (Å²) in [6, 6.07) is -0.190. The molecule has 0 saturated heterocycles. The second-order valence-corrected chi connectivity index (χ2v) is 7.10. The Bertz CT molecular complexity index is 364. The van der Waals surface area contributed by atoms with Crippen molar-refractivity contribution in [3.05, 3.63) is 0 Å². The highest BCUT2D eigenvalue weighted by Gasteiger charge is 2.30. The van der Waals surface area contributed by atoms with Gasteiger partial charge < -0.3 is 15.2 Å². The van der Waals surface area contributed by atoms with Gasteiger partial charge in [0.2, 0.25) is 0 Å². The van der Waals surface area contributed by atoms with Crippen molar-refractivity contribution in [3.63, 3.8) is 0 Å². The van der Waals surface area contributed by atoms with Gasteiger partial charge >= 0.3 is 0 Å². The van der Waals surface area contributed by atoms with Gasteiger partial charge in [-0.3, -0.25) is 0 Å². The van der Waals surface area contributed by atoms with Crippen LogP contribution in [0.25, 0.3) is 0 Å². The van der Waals surface area contributed by atoms with Crippen LogP contribution in [0, 0.1) is 5.92 Å². The lowest BCUT2D eigenvalue weighted by Gasteiger charge is -2.28. The van der Waals surface area contributed by atoms with Gasteiger partial charge in [-0.25, -0.2) is 0 Å². The molecule has 0 aromatic carbocycles. The zero-order valence-electron chi connectivity index (χ0n) is 13.1. The molecule has 1 fully saturated rings. The van der Waals surface area contributed by atoms with Crippen molar-refractivity contribution in [3.8, 4) is 0 Å². The minimum Gasteiger partial charge on any atom is -0.383 e. The van der Waals surface area contributed by atoms with Crippen LogP contribution in [0.2, 0.25) is 0 Å². The molecular formula is C13H29N3O4S. The minimum absolute atomic E-state index is 0.190. The van der Waals surface area contributed by atoms with E-state index in [1.165, 1.54) is 4.31 Å². The summed E-state index contributed by atoms with van der Waals surface area (Å²) in [5, 5.41) is 0.